The van der Waals surface area contributed by atoms with Gasteiger partial charge in [-0.1, -0.05) is 0 Å². The van der Waals surface area contributed by atoms with Crippen LogP contribution in [0.2, 0.25) is 0 Å². The number of hydrogen-bond acceptors (Lipinski definition) is 7. The van der Waals surface area contributed by atoms with E-state index < -0.39 is 4.92 Å². The zero-order valence-electron chi connectivity index (χ0n) is 14.5. The van der Waals surface area contributed by atoms with Gasteiger partial charge in [0.05, 0.1) is 23.7 Å². The average Bonchev–Trinajstić information content (AvgIpc) is 2.61. The van der Waals surface area contributed by atoms with Crippen molar-refractivity contribution in [3.05, 3.63) is 33.9 Å². The standard InChI is InChI=1S/C16H22N6O4/c1-2-26-15(23)11-5-7-21(8-6-11)14-4-3-13(22(24)25)9-12(14)10-19-20-16(17)18/h3-4,9-11H,2,5-8H2,1H3,(H4,17,18,20). The Labute approximate surface area is 150 Å². The summed E-state index contributed by atoms with van der Waals surface area (Å²) in [4.78, 5) is 24.5. The maximum absolute atomic E-state index is 11.9. The van der Waals surface area contributed by atoms with E-state index in [9.17, 15) is 14.9 Å². The van der Waals surface area contributed by atoms with Crippen molar-refractivity contribution in [1.82, 2.24) is 0 Å². The maximum Gasteiger partial charge on any atom is 0.309 e. The van der Waals surface area contributed by atoms with E-state index in [4.69, 9.17) is 16.2 Å². The first-order chi connectivity index (χ1) is 12.4. The van der Waals surface area contributed by atoms with E-state index in [0.717, 1.165) is 5.69 Å². The van der Waals surface area contributed by atoms with E-state index >= 15 is 0 Å². The Morgan fingerprint density at radius 2 is 2.12 bits per heavy atom. The van der Waals surface area contributed by atoms with E-state index in [1.165, 1.54) is 18.3 Å². The summed E-state index contributed by atoms with van der Waals surface area (Å²) >= 11 is 0. The molecule has 0 atom stereocenters. The molecule has 0 aliphatic carbocycles. The number of nitro groups is 1. The number of rotatable bonds is 6. The molecule has 1 aromatic carbocycles. The molecule has 1 heterocycles. The van der Waals surface area contributed by atoms with E-state index in [1.807, 2.05) is 0 Å². The lowest BCUT2D eigenvalue weighted by Gasteiger charge is -2.33. The van der Waals surface area contributed by atoms with Gasteiger partial charge in [-0.2, -0.15) is 5.10 Å². The summed E-state index contributed by atoms with van der Waals surface area (Å²) in [6, 6.07) is 4.52. The molecule has 1 aliphatic rings. The van der Waals surface area contributed by atoms with Gasteiger partial charge in [-0.15, -0.1) is 5.10 Å². The maximum atomic E-state index is 11.9. The van der Waals surface area contributed by atoms with Crippen LogP contribution in [0.4, 0.5) is 11.4 Å². The predicted molar refractivity (Wildman–Crippen MR) is 98.1 cm³/mol. The van der Waals surface area contributed by atoms with Crippen molar-refractivity contribution in [3.63, 3.8) is 0 Å². The number of anilines is 1. The molecule has 4 N–H and O–H groups in total. The number of piperidine rings is 1. The number of esters is 1. The number of nitrogens with two attached hydrogens (primary N) is 2. The Kier molecular flexibility index (Phi) is 6.48. The topological polar surface area (TPSA) is 149 Å². The fourth-order valence-electron chi connectivity index (χ4n) is 2.82. The molecule has 0 spiro atoms. The second kappa shape index (κ2) is 8.79. The number of benzene rings is 1. The highest BCUT2D eigenvalue weighted by Crippen LogP contribution is 2.29. The largest absolute Gasteiger partial charge is 0.466 e. The Morgan fingerprint density at radius 1 is 1.42 bits per heavy atom. The lowest BCUT2D eigenvalue weighted by Crippen LogP contribution is -2.37. The van der Waals surface area contributed by atoms with E-state index in [1.54, 1.807) is 13.0 Å². The van der Waals surface area contributed by atoms with Crippen LogP contribution in [0, 0.1) is 16.0 Å². The van der Waals surface area contributed by atoms with Gasteiger partial charge in [0, 0.05) is 36.5 Å². The van der Waals surface area contributed by atoms with Gasteiger partial charge in [0.25, 0.3) is 5.69 Å². The molecule has 0 amide bonds. The van der Waals surface area contributed by atoms with Gasteiger partial charge in [-0.3, -0.25) is 14.9 Å². The van der Waals surface area contributed by atoms with Crippen LogP contribution in [-0.2, 0) is 9.53 Å². The predicted octanol–water partition coefficient (Wildman–Crippen LogP) is 0.982. The van der Waals surface area contributed by atoms with Gasteiger partial charge >= 0.3 is 5.97 Å². The molecule has 10 nitrogen and oxygen atoms in total. The van der Waals surface area contributed by atoms with E-state index in [0.29, 0.717) is 38.1 Å². The van der Waals surface area contributed by atoms with Crippen LogP contribution in [0.3, 0.4) is 0 Å². The first-order valence-corrected chi connectivity index (χ1v) is 8.24. The number of carbonyl (C=O) groups excluding carboxylic acids is 1. The van der Waals surface area contributed by atoms with Gasteiger partial charge in [-0.05, 0) is 25.8 Å². The van der Waals surface area contributed by atoms with Crippen molar-refractivity contribution >= 4 is 29.5 Å². The Morgan fingerprint density at radius 3 is 2.69 bits per heavy atom. The molecule has 1 aromatic rings. The molecule has 1 saturated heterocycles. The minimum Gasteiger partial charge on any atom is -0.466 e. The molecule has 0 saturated carbocycles. The second-order valence-corrected chi connectivity index (χ2v) is 5.78. The van der Waals surface area contributed by atoms with Crippen LogP contribution < -0.4 is 16.4 Å². The number of nitro benzene ring substituents is 1. The summed E-state index contributed by atoms with van der Waals surface area (Å²) in [7, 11) is 0. The first kappa shape index (κ1) is 19.2. The van der Waals surface area contributed by atoms with Gasteiger partial charge in [-0.25, -0.2) is 0 Å². The quantitative estimate of drug-likeness (QED) is 0.252. The summed E-state index contributed by atoms with van der Waals surface area (Å²) in [6.07, 6.45) is 2.68. The average molecular weight is 362 g/mol. The summed E-state index contributed by atoms with van der Waals surface area (Å²) in [6.45, 7) is 3.41. The highest BCUT2D eigenvalue weighted by Gasteiger charge is 2.27. The minimum atomic E-state index is -0.478. The molecule has 0 unspecified atom stereocenters. The van der Waals surface area contributed by atoms with Gasteiger partial charge in [0.15, 0.2) is 0 Å². The molecule has 26 heavy (non-hydrogen) atoms. The van der Waals surface area contributed by atoms with Crippen LogP contribution in [-0.4, -0.2) is 42.8 Å². The Bertz CT molecular complexity index is 721. The molecule has 0 aromatic heterocycles. The monoisotopic (exact) mass is 362 g/mol. The molecule has 1 fully saturated rings. The van der Waals surface area contributed by atoms with E-state index in [-0.39, 0.29) is 23.5 Å². The summed E-state index contributed by atoms with van der Waals surface area (Å²) in [5.74, 6) is -0.503. The third-order valence-corrected chi connectivity index (χ3v) is 4.05. The van der Waals surface area contributed by atoms with Gasteiger partial charge in [0.2, 0.25) is 5.96 Å². The second-order valence-electron chi connectivity index (χ2n) is 5.78. The number of carbonyl (C=O) groups is 1. The highest BCUT2D eigenvalue weighted by molar-refractivity contribution is 5.90. The third kappa shape index (κ3) is 4.91. The third-order valence-electron chi connectivity index (χ3n) is 4.05. The number of ether oxygens (including phenoxy) is 1. The van der Waals surface area contributed by atoms with Crippen LogP contribution in [0.15, 0.2) is 28.4 Å². The van der Waals surface area contributed by atoms with E-state index in [2.05, 4.69) is 15.1 Å². The lowest BCUT2D eigenvalue weighted by atomic mass is 9.96. The number of nitrogens with zero attached hydrogens (tertiary/aromatic N) is 4. The molecule has 140 valence electrons. The zero-order valence-corrected chi connectivity index (χ0v) is 14.5. The summed E-state index contributed by atoms with van der Waals surface area (Å²) in [5, 5.41) is 18.3. The smallest absolute Gasteiger partial charge is 0.309 e. The van der Waals surface area contributed by atoms with Crippen LogP contribution in [0.1, 0.15) is 25.3 Å². The number of non-ortho nitro benzene ring substituents is 1. The Balaban J connectivity index is 2.20. The highest BCUT2D eigenvalue weighted by atomic mass is 16.6. The fourth-order valence-corrected chi connectivity index (χ4v) is 2.82. The van der Waals surface area contributed by atoms with Crippen LogP contribution in [0.5, 0.6) is 0 Å². The number of guanidine groups is 1. The molecule has 0 radical (unpaired) electrons. The number of hydrogen-bond donors (Lipinski definition) is 2. The van der Waals surface area contributed by atoms with Crippen molar-refractivity contribution in [3.8, 4) is 0 Å². The summed E-state index contributed by atoms with van der Waals surface area (Å²) < 4.78 is 5.07. The molecule has 2 rings (SSSR count). The van der Waals surface area contributed by atoms with Gasteiger partial charge < -0.3 is 21.1 Å². The van der Waals surface area contributed by atoms with Crippen LogP contribution in [0.25, 0.3) is 0 Å². The fraction of sp³-hybridized carbons (Fsp3) is 0.438. The van der Waals surface area contributed by atoms with Crippen LogP contribution >= 0.6 is 0 Å². The van der Waals surface area contributed by atoms with Crippen molar-refractivity contribution in [2.45, 2.75) is 19.8 Å². The van der Waals surface area contributed by atoms with Gasteiger partial charge in [0.1, 0.15) is 0 Å². The van der Waals surface area contributed by atoms with Crippen molar-refractivity contribution in [2.75, 3.05) is 24.6 Å². The normalized spacial score (nSPS) is 15.0. The lowest BCUT2D eigenvalue weighted by molar-refractivity contribution is -0.384. The van der Waals surface area contributed by atoms with Crippen molar-refractivity contribution in [2.24, 2.45) is 27.6 Å². The molecule has 1 aliphatic heterocycles. The SMILES string of the molecule is CCOC(=O)C1CCN(c2ccc([N+](=O)[O-])cc2C=NN=C(N)N)CC1. The first-order valence-electron chi connectivity index (χ1n) is 8.24. The molecular formula is C16H22N6O4. The molecule has 10 heteroatoms. The van der Waals surface area contributed by atoms with Crippen molar-refractivity contribution < 1.29 is 14.5 Å². The minimum absolute atomic E-state index is 0.0543. The molecular weight excluding hydrogens is 340 g/mol. The zero-order chi connectivity index (χ0) is 19.1. The van der Waals surface area contributed by atoms with Crippen molar-refractivity contribution in [1.29, 1.82) is 0 Å². The Hall–Kier alpha value is -3.17. The molecule has 0 bridgehead atoms. The summed E-state index contributed by atoms with van der Waals surface area (Å²) in [5.41, 5.74) is 11.7.